The van der Waals surface area contributed by atoms with Gasteiger partial charge in [-0.15, -0.1) is 0 Å². The van der Waals surface area contributed by atoms with E-state index in [0.29, 0.717) is 12.8 Å². The molecule has 0 N–H and O–H groups in total. The quantitative estimate of drug-likeness (QED) is 0.293. The maximum Gasteiger partial charge on any atom is 0.257 e. The number of ketones is 3. The van der Waals surface area contributed by atoms with Crippen LogP contribution in [0.2, 0.25) is 0 Å². The highest BCUT2D eigenvalue weighted by atomic mass is 79.9. The molecule has 2 aromatic carbocycles. The summed E-state index contributed by atoms with van der Waals surface area (Å²) in [4.78, 5) is 43.2. The monoisotopic (exact) mass is 547 g/mol. The van der Waals surface area contributed by atoms with E-state index in [1.807, 2.05) is 30.3 Å². The third kappa shape index (κ3) is 4.65. The van der Waals surface area contributed by atoms with Gasteiger partial charge < -0.3 is 9.57 Å². The van der Waals surface area contributed by atoms with Crippen LogP contribution in [0, 0.1) is 5.92 Å². The molecule has 8 heteroatoms. The Labute approximate surface area is 196 Å². The van der Waals surface area contributed by atoms with Crippen LogP contribution in [0.15, 0.2) is 59.8 Å². The smallest absolute Gasteiger partial charge is 0.257 e. The average molecular weight is 549 g/mol. The first-order chi connectivity index (χ1) is 14.9. The number of hydrogen-bond acceptors (Lipinski definition) is 6. The summed E-state index contributed by atoms with van der Waals surface area (Å²) in [5.41, 5.74) is 1.91. The number of carbonyl (C=O) groups is 3. The Morgan fingerprint density at radius 3 is 2.35 bits per heavy atom. The predicted molar refractivity (Wildman–Crippen MR) is 122 cm³/mol. The Kier molecular flexibility index (Phi) is 6.39. The Hall–Kier alpha value is -2.32. The van der Waals surface area contributed by atoms with Gasteiger partial charge in [0.25, 0.3) is 3.42 Å². The molecule has 0 amide bonds. The molecule has 2 aromatic rings. The van der Waals surface area contributed by atoms with E-state index in [9.17, 15) is 14.4 Å². The Balaban J connectivity index is 1.53. The van der Waals surface area contributed by atoms with Crippen LogP contribution in [0.3, 0.4) is 0 Å². The van der Waals surface area contributed by atoms with Crippen LogP contribution in [-0.4, -0.2) is 32.6 Å². The molecule has 6 nitrogen and oxygen atoms in total. The van der Waals surface area contributed by atoms with Gasteiger partial charge in [-0.1, -0.05) is 47.6 Å². The fourth-order valence-corrected chi connectivity index (χ4v) is 4.52. The zero-order valence-electron chi connectivity index (χ0n) is 16.4. The Morgan fingerprint density at radius 1 is 1.00 bits per heavy atom. The van der Waals surface area contributed by atoms with Crippen molar-refractivity contribution in [2.45, 2.75) is 35.2 Å². The molecule has 1 fully saturated rings. The first-order valence-electron chi connectivity index (χ1n) is 9.90. The number of alkyl halides is 2. The summed E-state index contributed by atoms with van der Waals surface area (Å²) < 4.78 is 4.89. The first kappa shape index (κ1) is 21.9. The highest BCUT2D eigenvalue weighted by Crippen LogP contribution is 2.41. The summed E-state index contributed by atoms with van der Waals surface area (Å²) in [5, 5.41) is 4.17. The van der Waals surface area contributed by atoms with Crippen LogP contribution in [0.4, 0.5) is 0 Å². The third-order valence-corrected chi connectivity index (χ3v) is 6.65. The van der Waals surface area contributed by atoms with Gasteiger partial charge in [0.05, 0.1) is 11.3 Å². The van der Waals surface area contributed by atoms with Gasteiger partial charge in [-0.05, 0) is 56.0 Å². The molecular formula is C23H19Br2NO5. The van der Waals surface area contributed by atoms with Crippen molar-refractivity contribution in [2.75, 3.05) is 0 Å². The van der Waals surface area contributed by atoms with E-state index < -0.39 is 21.2 Å². The number of oxime groups is 1. The van der Waals surface area contributed by atoms with Crippen LogP contribution in [0.5, 0.6) is 5.75 Å². The molecule has 0 radical (unpaired) electrons. The normalized spacial score (nSPS) is 19.7. The van der Waals surface area contributed by atoms with Gasteiger partial charge in [0.2, 0.25) is 0 Å². The van der Waals surface area contributed by atoms with Crippen LogP contribution >= 0.6 is 31.9 Å². The van der Waals surface area contributed by atoms with E-state index in [-0.39, 0.29) is 35.7 Å². The number of hydrogen-bond donors (Lipinski definition) is 0. The third-order valence-electron chi connectivity index (χ3n) is 5.30. The molecule has 1 unspecified atom stereocenters. The highest BCUT2D eigenvalue weighted by Gasteiger charge is 2.44. The van der Waals surface area contributed by atoms with Gasteiger partial charge >= 0.3 is 0 Å². The van der Waals surface area contributed by atoms with Crippen molar-refractivity contribution >= 4 is 54.9 Å². The number of Topliss-reactive ketones (excluding diaryl/α,β-unsaturated/α-hetero) is 3. The molecule has 2 aliphatic rings. The molecule has 0 bridgehead atoms. The zero-order chi connectivity index (χ0) is 22.0. The molecule has 0 aromatic heterocycles. The van der Waals surface area contributed by atoms with Crippen LogP contribution in [-0.2, 0) is 14.4 Å². The second-order valence-corrected chi connectivity index (χ2v) is 10.9. The van der Waals surface area contributed by atoms with Crippen molar-refractivity contribution < 1.29 is 24.0 Å². The molecule has 0 spiro atoms. The topological polar surface area (TPSA) is 82.0 Å². The average Bonchev–Trinajstić information content (AvgIpc) is 3.26. The second kappa shape index (κ2) is 9.04. The molecule has 1 heterocycles. The maximum absolute atomic E-state index is 13.1. The Bertz CT molecular complexity index is 1030. The molecule has 1 aliphatic carbocycles. The van der Waals surface area contributed by atoms with Crippen LogP contribution < -0.4 is 4.74 Å². The maximum atomic E-state index is 13.1. The van der Waals surface area contributed by atoms with Gasteiger partial charge in [-0.2, -0.15) is 0 Å². The van der Waals surface area contributed by atoms with Crippen molar-refractivity contribution in [1.29, 1.82) is 0 Å². The van der Waals surface area contributed by atoms with E-state index in [0.717, 1.165) is 11.3 Å². The van der Waals surface area contributed by atoms with Crippen LogP contribution in [0.1, 0.15) is 41.6 Å². The molecule has 1 saturated carbocycles. The summed E-state index contributed by atoms with van der Waals surface area (Å²) in [6.07, 6.45) is 0.914. The second-order valence-electron chi connectivity index (χ2n) is 7.45. The highest BCUT2D eigenvalue weighted by molar-refractivity contribution is 9.25. The fraction of sp³-hybridized carbons (Fsp3) is 0.304. The fourth-order valence-electron chi connectivity index (χ4n) is 3.68. The molecule has 0 saturated heterocycles. The SMILES string of the molecule is O=C1CCCC(=O)C1C(=O)c1ccccc1OC(Br)(Br)C1CC(c2ccccc2)=NO1. The summed E-state index contributed by atoms with van der Waals surface area (Å²) >= 11 is 7.00. The van der Waals surface area contributed by atoms with Crippen molar-refractivity contribution in [3.63, 3.8) is 0 Å². The molecule has 160 valence electrons. The van der Waals surface area contributed by atoms with Gasteiger partial charge in [0.1, 0.15) is 11.7 Å². The van der Waals surface area contributed by atoms with Gasteiger partial charge in [0, 0.05) is 19.3 Å². The lowest BCUT2D eigenvalue weighted by atomic mass is 9.81. The molecule has 1 aliphatic heterocycles. The van der Waals surface area contributed by atoms with E-state index in [1.165, 1.54) is 0 Å². The first-order valence-corrected chi connectivity index (χ1v) is 11.5. The lowest BCUT2D eigenvalue weighted by Gasteiger charge is -2.28. The number of rotatable bonds is 6. The largest absolute Gasteiger partial charge is 0.461 e. The summed E-state index contributed by atoms with van der Waals surface area (Å²) in [7, 11) is 0. The number of para-hydroxylation sites is 1. The lowest BCUT2D eigenvalue weighted by molar-refractivity contribution is -0.133. The molecule has 1 atom stereocenters. The van der Waals surface area contributed by atoms with E-state index in [1.54, 1.807) is 24.3 Å². The predicted octanol–water partition coefficient (Wildman–Crippen LogP) is 4.82. The number of halogens is 2. The molecular weight excluding hydrogens is 530 g/mol. The minimum atomic E-state index is -1.26. The van der Waals surface area contributed by atoms with E-state index >= 15 is 0 Å². The van der Waals surface area contributed by atoms with Gasteiger partial charge in [-0.3, -0.25) is 14.4 Å². The Morgan fingerprint density at radius 2 is 1.65 bits per heavy atom. The standard InChI is InChI=1S/C23H19Br2NO5/c24-23(25,20-13-16(26-31-20)14-7-2-1-3-8-14)30-19-12-5-4-9-15(19)22(29)21-17(27)10-6-11-18(21)28/h1-5,7-9,12,20-21H,6,10-11,13H2. The van der Waals surface area contributed by atoms with Gasteiger partial charge in [-0.25, -0.2) is 0 Å². The zero-order valence-corrected chi connectivity index (χ0v) is 19.6. The minimum absolute atomic E-state index is 0.182. The van der Waals surface area contributed by atoms with Crippen molar-refractivity contribution in [2.24, 2.45) is 11.1 Å². The minimum Gasteiger partial charge on any atom is -0.461 e. The lowest BCUT2D eigenvalue weighted by Crippen LogP contribution is -2.38. The van der Waals surface area contributed by atoms with Gasteiger partial charge in [0.15, 0.2) is 23.5 Å². The summed E-state index contributed by atoms with van der Waals surface area (Å²) in [6.45, 7) is 0. The number of benzene rings is 2. The summed E-state index contributed by atoms with van der Waals surface area (Å²) in [6, 6.07) is 16.2. The molecule has 31 heavy (non-hydrogen) atoms. The number of carbonyl (C=O) groups excluding carboxylic acids is 3. The van der Waals surface area contributed by atoms with E-state index in [4.69, 9.17) is 9.57 Å². The molecule has 4 rings (SSSR count). The number of ether oxygens (including phenoxy) is 1. The summed E-state index contributed by atoms with van der Waals surface area (Å²) in [5.74, 6) is -2.21. The van der Waals surface area contributed by atoms with Crippen LogP contribution in [0.25, 0.3) is 0 Å². The van der Waals surface area contributed by atoms with E-state index in [2.05, 4.69) is 37.0 Å². The number of nitrogens with zero attached hydrogens (tertiary/aromatic N) is 1. The van der Waals surface area contributed by atoms with Crippen molar-refractivity contribution in [1.82, 2.24) is 0 Å². The van der Waals surface area contributed by atoms with Crippen molar-refractivity contribution in [3.8, 4) is 5.75 Å². The van der Waals surface area contributed by atoms with Crippen molar-refractivity contribution in [3.05, 3.63) is 65.7 Å².